The SMILES string of the molecule is C[C@H](NCc1nc(-c2ccsc2)no1)c1ccccc1Cl. The van der Waals surface area contributed by atoms with Crippen LogP contribution in [0.4, 0.5) is 0 Å². The first-order valence-corrected chi connectivity index (χ1v) is 7.89. The number of halogens is 1. The van der Waals surface area contributed by atoms with Crippen molar-refractivity contribution < 1.29 is 4.52 Å². The Morgan fingerprint density at radius 2 is 2.19 bits per heavy atom. The van der Waals surface area contributed by atoms with Crippen LogP contribution in [0, 0.1) is 0 Å². The number of nitrogens with zero attached hydrogens (tertiary/aromatic N) is 2. The molecule has 21 heavy (non-hydrogen) atoms. The number of thiophene rings is 1. The number of hydrogen-bond acceptors (Lipinski definition) is 5. The van der Waals surface area contributed by atoms with E-state index in [0.717, 1.165) is 16.1 Å². The van der Waals surface area contributed by atoms with E-state index in [1.54, 1.807) is 11.3 Å². The van der Waals surface area contributed by atoms with Crippen LogP contribution in [-0.2, 0) is 6.54 Å². The van der Waals surface area contributed by atoms with Crippen molar-refractivity contribution in [3.63, 3.8) is 0 Å². The third kappa shape index (κ3) is 3.32. The van der Waals surface area contributed by atoms with Crippen molar-refractivity contribution in [2.75, 3.05) is 0 Å². The van der Waals surface area contributed by atoms with Crippen LogP contribution in [0.15, 0.2) is 45.6 Å². The van der Waals surface area contributed by atoms with E-state index in [0.29, 0.717) is 18.3 Å². The van der Waals surface area contributed by atoms with Crippen molar-refractivity contribution in [1.82, 2.24) is 15.5 Å². The third-order valence-electron chi connectivity index (χ3n) is 3.18. The lowest BCUT2D eigenvalue weighted by molar-refractivity contribution is 0.360. The highest BCUT2D eigenvalue weighted by Gasteiger charge is 2.12. The van der Waals surface area contributed by atoms with Crippen LogP contribution in [0.5, 0.6) is 0 Å². The number of nitrogens with one attached hydrogen (secondary N) is 1. The van der Waals surface area contributed by atoms with E-state index in [2.05, 4.69) is 22.4 Å². The smallest absolute Gasteiger partial charge is 0.240 e. The van der Waals surface area contributed by atoms with Gasteiger partial charge < -0.3 is 9.84 Å². The molecule has 108 valence electrons. The average molecular weight is 320 g/mol. The Balaban J connectivity index is 1.64. The van der Waals surface area contributed by atoms with Gasteiger partial charge in [0, 0.05) is 22.0 Å². The molecule has 6 heteroatoms. The lowest BCUT2D eigenvalue weighted by Crippen LogP contribution is -2.18. The first kappa shape index (κ1) is 14.3. The van der Waals surface area contributed by atoms with Crippen molar-refractivity contribution in [2.45, 2.75) is 19.5 Å². The zero-order chi connectivity index (χ0) is 14.7. The van der Waals surface area contributed by atoms with Crippen LogP contribution in [0.25, 0.3) is 11.4 Å². The molecule has 0 spiro atoms. The van der Waals surface area contributed by atoms with Gasteiger partial charge in [0.15, 0.2) is 0 Å². The van der Waals surface area contributed by atoms with Gasteiger partial charge in [-0.2, -0.15) is 16.3 Å². The van der Waals surface area contributed by atoms with Gasteiger partial charge >= 0.3 is 0 Å². The second kappa shape index (κ2) is 6.39. The molecule has 0 amide bonds. The second-order valence-electron chi connectivity index (χ2n) is 4.65. The van der Waals surface area contributed by atoms with Gasteiger partial charge in [0.2, 0.25) is 11.7 Å². The molecule has 1 N–H and O–H groups in total. The zero-order valence-electron chi connectivity index (χ0n) is 11.4. The summed E-state index contributed by atoms with van der Waals surface area (Å²) in [7, 11) is 0. The van der Waals surface area contributed by atoms with Crippen LogP contribution in [-0.4, -0.2) is 10.1 Å². The monoisotopic (exact) mass is 319 g/mol. The summed E-state index contributed by atoms with van der Waals surface area (Å²) in [5.41, 5.74) is 2.03. The number of benzene rings is 1. The molecule has 0 aliphatic carbocycles. The Hall–Kier alpha value is -1.69. The van der Waals surface area contributed by atoms with Gasteiger partial charge in [0.1, 0.15) is 0 Å². The van der Waals surface area contributed by atoms with Crippen molar-refractivity contribution in [3.05, 3.63) is 57.6 Å². The Labute approximate surface area is 131 Å². The summed E-state index contributed by atoms with van der Waals surface area (Å²) in [6.07, 6.45) is 0. The average Bonchev–Trinajstić information content (AvgIpc) is 3.16. The zero-order valence-corrected chi connectivity index (χ0v) is 13.0. The van der Waals surface area contributed by atoms with E-state index in [1.807, 2.05) is 41.1 Å². The molecule has 3 rings (SSSR count). The van der Waals surface area contributed by atoms with Crippen molar-refractivity contribution >= 4 is 22.9 Å². The molecule has 4 nitrogen and oxygen atoms in total. The molecule has 1 aromatic carbocycles. The summed E-state index contributed by atoms with van der Waals surface area (Å²) in [4.78, 5) is 4.37. The maximum absolute atomic E-state index is 6.18. The molecule has 0 aliphatic heterocycles. The number of hydrogen-bond donors (Lipinski definition) is 1. The molecule has 0 bridgehead atoms. The first-order valence-electron chi connectivity index (χ1n) is 6.57. The molecular weight excluding hydrogens is 306 g/mol. The van der Waals surface area contributed by atoms with E-state index >= 15 is 0 Å². The topological polar surface area (TPSA) is 51.0 Å². The lowest BCUT2D eigenvalue weighted by atomic mass is 10.1. The summed E-state index contributed by atoms with van der Waals surface area (Å²) in [5.74, 6) is 1.19. The Kier molecular flexibility index (Phi) is 4.34. The van der Waals surface area contributed by atoms with Crippen LogP contribution in [0.3, 0.4) is 0 Å². The summed E-state index contributed by atoms with van der Waals surface area (Å²) in [5, 5.41) is 12.1. The predicted octanol–water partition coefficient (Wildman–Crippen LogP) is 4.30. The van der Waals surface area contributed by atoms with Gasteiger partial charge in [-0.3, -0.25) is 0 Å². The van der Waals surface area contributed by atoms with Crippen LogP contribution >= 0.6 is 22.9 Å². The van der Waals surface area contributed by atoms with E-state index < -0.39 is 0 Å². The largest absolute Gasteiger partial charge is 0.338 e. The molecule has 1 atom stereocenters. The Morgan fingerprint density at radius 1 is 1.33 bits per heavy atom. The summed E-state index contributed by atoms with van der Waals surface area (Å²) in [6, 6.07) is 9.86. The third-order valence-corrected chi connectivity index (χ3v) is 4.21. The summed E-state index contributed by atoms with van der Waals surface area (Å²) < 4.78 is 5.25. The Morgan fingerprint density at radius 3 is 2.95 bits per heavy atom. The molecule has 0 unspecified atom stereocenters. The highest BCUT2D eigenvalue weighted by Crippen LogP contribution is 2.23. The van der Waals surface area contributed by atoms with E-state index in [9.17, 15) is 0 Å². The maximum atomic E-state index is 6.18. The van der Waals surface area contributed by atoms with Gasteiger partial charge in [-0.1, -0.05) is 35.0 Å². The fraction of sp³-hybridized carbons (Fsp3) is 0.200. The lowest BCUT2D eigenvalue weighted by Gasteiger charge is -2.13. The number of rotatable bonds is 5. The molecule has 2 heterocycles. The fourth-order valence-corrected chi connectivity index (χ4v) is 2.95. The molecule has 0 saturated carbocycles. The van der Waals surface area contributed by atoms with Gasteiger partial charge in [0.25, 0.3) is 0 Å². The van der Waals surface area contributed by atoms with Gasteiger partial charge in [0.05, 0.1) is 6.54 Å². The molecule has 0 fully saturated rings. The van der Waals surface area contributed by atoms with Crippen molar-refractivity contribution in [2.24, 2.45) is 0 Å². The van der Waals surface area contributed by atoms with Crippen LogP contribution in [0.2, 0.25) is 5.02 Å². The quantitative estimate of drug-likeness (QED) is 0.761. The molecule has 0 saturated heterocycles. The van der Waals surface area contributed by atoms with Crippen molar-refractivity contribution in [3.8, 4) is 11.4 Å². The molecule has 0 radical (unpaired) electrons. The summed E-state index contributed by atoms with van der Waals surface area (Å²) >= 11 is 7.79. The minimum absolute atomic E-state index is 0.107. The first-order chi connectivity index (χ1) is 10.2. The van der Waals surface area contributed by atoms with E-state index in [4.69, 9.17) is 16.1 Å². The normalized spacial score (nSPS) is 12.5. The fourth-order valence-electron chi connectivity index (χ4n) is 2.01. The standard InChI is InChI=1S/C15H14ClN3OS/c1-10(12-4-2-3-5-13(12)16)17-8-14-18-15(19-20-14)11-6-7-21-9-11/h2-7,9-10,17H,8H2,1H3/t10-/m0/s1. The Bertz CT molecular complexity index is 711. The van der Waals surface area contributed by atoms with Gasteiger partial charge in [-0.15, -0.1) is 0 Å². The van der Waals surface area contributed by atoms with Gasteiger partial charge in [-0.05, 0) is 30.0 Å². The van der Waals surface area contributed by atoms with Crippen LogP contribution in [0.1, 0.15) is 24.4 Å². The summed E-state index contributed by atoms with van der Waals surface area (Å²) in [6.45, 7) is 2.56. The molecule has 2 aromatic heterocycles. The highest BCUT2D eigenvalue weighted by molar-refractivity contribution is 7.08. The highest BCUT2D eigenvalue weighted by atomic mass is 35.5. The van der Waals surface area contributed by atoms with Gasteiger partial charge in [-0.25, -0.2) is 0 Å². The second-order valence-corrected chi connectivity index (χ2v) is 5.84. The molecule has 0 aliphatic rings. The van der Waals surface area contributed by atoms with Crippen LogP contribution < -0.4 is 5.32 Å². The van der Waals surface area contributed by atoms with E-state index in [-0.39, 0.29) is 6.04 Å². The maximum Gasteiger partial charge on any atom is 0.240 e. The minimum Gasteiger partial charge on any atom is -0.338 e. The molecule has 3 aromatic rings. The predicted molar refractivity (Wildman–Crippen MR) is 84.3 cm³/mol. The molecular formula is C15H14ClN3OS. The number of aromatic nitrogens is 2. The van der Waals surface area contributed by atoms with Crippen molar-refractivity contribution in [1.29, 1.82) is 0 Å². The van der Waals surface area contributed by atoms with E-state index in [1.165, 1.54) is 0 Å². The minimum atomic E-state index is 0.107.